The topological polar surface area (TPSA) is 175 Å². The van der Waals surface area contributed by atoms with Crippen LogP contribution >= 0.6 is 0 Å². The first-order valence-electron chi connectivity index (χ1n) is 8.18. The van der Waals surface area contributed by atoms with Crippen LogP contribution in [0.4, 0.5) is 0 Å². The van der Waals surface area contributed by atoms with Crippen molar-refractivity contribution >= 4 is 23.5 Å². The fraction of sp³-hybridized carbons (Fsp3) is 0.111. The number of oxime groups is 2. The Bertz CT molecular complexity index is 816. The maximum atomic E-state index is 12.1. The molecule has 0 radical (unpaired) electrons. The number of benzene rings is 2. The van der Waals surface area contributed by atoms with Gasteiger partial charge in [-0.15, -0.1) is 0 Å². The summed E-state index contributed by atoms with van der Waals surface area (Å²) in [5.74, 6) is -0.727. The summed E-state index contributed by atoms with van der Waals surface area (Å²) >= 11 is 0. The van der Waals surface area contributed by atoms with Crippen LogP contribution in [0.5, 0.6) is 0 Å². The van der Waals surface area contributed by atoms with E-state index >= 15 is 0 Å². The molecule has 0 atom stereocenters. The molecule has 0 heterocycles. The van der Waals surface area contributed by atoms with Crippen LogP contribution in [0.25, 0.3) is 0 Å². The number of hydrogen-bond donors (Lipinski definition) is 6. The minimum absolute atomic E-state index is 0.0472. The lowest BCUT2D eigenvalue weighted by Crippen LogP contribution is -2.34. The molecule has 10 heteroatoms. The summed E-state index contributed by atoms with van der Waals surface area (Å²) in [7, 11) is 0. The predicted octanol–water partition coefficient (Wildman–Crippen LogP) is 0.0354. The van der Waals surface area contributed by atoms with Gasteiger partial charge >= 0.3 is 0 Å². The second kappa shape index (κ2) is 9.57. The van der Waals surface area contributed by atoms with Gasteiger partial charge in [-0.3, -0.25) is 9.59 Å². The Balaban J connectivity index is 1.80. The van der Waals surface area contributed by atoms with E-state index in [1.807, 2.05) is 0 Å². The number of amides is 2. The van der Waals surface area contributed by atoms with Crippen molar-refractivity contribution in [1.29, 1.82) is 0 Å². The van der Waals surface area contributed by atoms with Crippen LogP contribution < -0.4 is 22.1 Å². The van der Waals surface area contributed by atoms with Gasteiger partial charge in [0.15, 0.2) is 11.7 Å². The molecular formula is C18H20N6O4. The molecule has 10 nitrogen and oxygen atoms in total. The molecule has 2 aromatic carbocycles. The normalized spacial score (nSPS) is 11.7. The molecule has 8 N–H and O–H groups in total. The Morgan fingerprint density at radius 2 is 0.964 bits per heavy atom. The molecule has 0 aliphatic carbocycles. The van der Waals surface area contributed by atoms with Crippen molar-refractivity contribution in [3.05, 3.63) is 70.8 Å². The van der Waals surface area contributed by atoms with Crippen molar-refractivity contribution < 1.29 is 20.0 Å². The summed E-state index contributed by atoms with van der Waals surface area (Å²) < 4.78 is 0. The van der Waals surface area contributed by atoms with Crippen molar-refractivity contribution in [2.45, 2.75) is 0 Å². The third-order valence-corrected chi connectivity index (χ3v) is 3.80. The molecule has 0 fully saturated rings. The van der Waals surface area contributed by atoms with Crippen molar-refractivity contribution in [2.75, 3.05) is 13.1 Å². The standard InChI is InChI=1S/C18H20N6O4/c19-15(23-27)11-1-5-13(6-2-11)17(25)21-9-10-22-18(26)14-7-3-12(4-8-14)16(20)24-28/h1-8,27-28H,9-10H2,(H2,19,23)(H2,20,24)(H,21,25)(H,22,26). The number of carbonyl (C=O) groups excluding carboxylic acids is 2. The summed E-state index contributed by atoms with van der Waals surface area (Å²) in [4.78, 5) is 24.1. The summed E-state index contributed by atoms with van der Waals surface area (Å²) in [6.45, 7) is 0.462. The molecule has 146 valence electrons. The molecule has 0 saturated heterocycles. The van der Waals surface area contributed by atoms with Crippen LogP contribution in [0.1, 0.15) is 31.8 Å². The van der Waals surface area contributed by atoms with E-state index in [2.05, 4.69) is 20.9 Å². The van der Waals surface area contributed by atoms with Crippen LogP contribution in [0.3, 0.4) is 0 Å². The Labute approximate surface area is 160 Å². The van der Waals surface area contributed by atoms with Gasteiger partial charge < -0.3 is 32.5 Å². The predicted molar refractivity (Wildman–Crippen MR) is 103 cm³/mol. The van der Waals surface area contributed by atoms with Gasteiger partial charge in [-0.05, 0) is 24.3 Å². The number of rotatable bonds is 7. The fourth-order valence-electron chi connectivity index (χ4n) is 2.26. The van der Waals surface area contributed by atoms with Gasteiger partial charge in [-0.25, -0.2) is 0 Å². The highest BCUT2D eigenvalue weighted by Gasteiger charge is 2.08. The SMILES string of the molecule is N/C(=N\O)c1ccc(C(=O)NCCNC(=O)c2ccc(/C(N)=N/O)cc2)cc1. The van der Waals surface area contributed by atoms with E-state index in [-0.39, 0.29) is 36.6 Å². The first-order chi connectivity index (χ1) is 13.5. The largest absolute Gasteiger partial charge is 0.409 e. The first kappa shape index (κ1) is 20.2. The minimum Gasteiger partial charge on any atom is -0.409 e. The number of carbonyl (C=O) groups is 2. The first-order valence-corrected chi connectivity index (χ1v) is 8.18. The van der Waals surface area contributed by atoms with E-state index in [9.17, 15) is 9.59 Å². The third kappa shape index (κ3) is 5.21. The van der Waals surface area contributed by atoms with Gasteiger partial charge in [0.25, 0.3) is 11.8 Å². The lowest BCUT2D eigenvalue weighted by Gasteiger charge is -2.08. The molecule has 0 spiro atoms. The molecule has 0 aliphatic heterocycles. The molecule has 2 amide bonds. The summed E-state index contributed by atoms with van der Waals surface area (Å²) in [5.41, 5.74) is 12.7. The number of nitrogens with two attached hydrogens (primary N) is 2. The highest BCUT2D eigenvalue weighted by molar-refractivity contribution is 6.00. The second-order valence-corrected chi connectivity index (χ2v) is 5.64. The maximum Gasteiger partial charge on any atom is 0.251 e. The van der Waals surface area contributed by atoms with Crippen molar-refractivity contribution in [1.82, 2.24) is 10.6 Å². The Hall–Kier alpha value is -4.08. The van der Waals surface area contributed by atoms with Gasteiger partial charge in [0.05, 0.1) is 0 Å². The van der Waals surface area contributed by atoms with Crippen LogP contribution in [-0.4, -0.2) is 47.0 Å². The van der Waals surface area contributed by atoms with Gasteiger partial charge in [0.2, 0.25) is 0 Å². The molecule has 0 saturated carbocycles. The number of nitrogens with one attached hydrogen (secondary N) is 2. The Morgan fingerprint density at radius 3 is 1.25 bits per heavy atom. The molecule has 0 aliphatic rings. The van der Waals surface area contributed by atoms with Gasteiger partial charge in [0, 0.05) is 35.3 Å². The van der Waals surface area contributed by atoms with Crippen molar-refractivity contribution in [3.63, 3.8) is 0 Å². The van der Waals surface area contributed by atoms with Crippen LogP contribution in [0, 0.1) is 0 Å². The average molecular weight is 384 g/mol. The van der Waals surface area contributed by atoms with Crippen molar-refractivity contribution in [2.24, 2.45) is 21.8 Å². The highest BCUT2D eigenvalue weighted by atomic mass is 16.4. The zero-order valence-corrected chi connectivity index (χ0v) is 14.8. The zero-order valence-electron chi connectivity index (χ0n) is 14.8. The zero-order chi connectivity index (χ0) is 20.5. The number of amidine groups is 2. The van der Waals surface area contributed by atoms with E-state index in [1.165, 1.54) is 0 Å². The monoisotopic (exact) mass is 384 g/mol. The lowest BCUT2D eigenvalue weighted by molar-refractivity contribution is 0.0927. The van der Waals surface area contributed by atoms with Crippen LogP contribution in [0.15, 0.2) is 58.8 Å². The van der Waals surface area contributed by atoms with E-state index < -0.39 is 0 Å². The summed E-state index contributed by atoms with van der Waals surface area (Å²) in [6, 6.07) is 12.4. The molecule has 28 heavy (non-hydrogen) atoms. The minimum atomic E-state index is -0.316. The molecular weight excluding hydrogens is 364 g/mol. The van der Waals surface area contributed by atoms with Gasteiger partial charge in [-0.1, -0.05) is 34.6 Å². The second-order valence-electron chi connectivity index (χ2n) is 5.64. The maximum absolute atomic E-state index is 12.1. The Kier molecular flexibility index (Phi) is 6.92. The smallest absolute Gasteiger partial charge is 0.251 e. The van der Waals surface area contributed by atoms with E-state index in [0.29, 0.717) is 22.3 Å². The Morgan fingerprint density at radius 1 is 0.679 bits per heavy atom. The third-order valence-electron chi connectivity index (χ3n) is 3.80. The van der Waals surface area contributed by atoms with Crippen LogP contribution in [-0.2, 0) is 0 Å². The molecule has 0 bridgehead atoms. The van der Waals surface area contributed by atoms with Crippen LogP contribution in [0.2, 0.25) is 0 Å². The summed E-state index contributed by atoms with van der Waals surface area (Å²) in [5, 5.41) is 28.3. The highest BCUT2D eigenvalue weighted by Crippen LogP contribution is 2.05. The van der Waals surface area contributed by atoms with E-state index in [1.54, 1.807) is 48.5 Å². The molecule has 2 aromatic rings. The van der Waals surface area contributed by atoms with Crippen molar-refractivity contribution in [3.8, 4) is 0 Å². The number of nitrogens with zero attached hydrogens (tertiary/aromatic N) is 2. The molecule has 0 aromatic heterocycles. The van der Waals surface area contributed by atoms with Gasteiger partial charge in [-0.2, -0.15) is 0 Å². The van der Waals surface area contributed by atoms with E-state index in [4.69, 9.17) is 21.9 Å². The summed E-state index contributed by atoms with van der Waals surface area (Å²) in [6.07, 6.45) is 0. The van der Waals surface area contributed by atoms with Gasteiger partial charge in [0.1, 0.15) is 0 Å². The molecule has 2 rings (SSSR count). The number of hydrogen-bond acceptors (Lipinski definition) is 6. The molecule has 0 unspecified atom stereocenters. The average Bonchev–Trinajstić information content (AvgIpc) is 2.75. The quantitative estimate of drug-likeness (QED) is 0.129. The fourth-order valence-corrected chi connectivity index (χ4v) is 2.26. The van der Waals surface area contributed by atoms with E-state index in [0.717, 1.165) is 0 Å². The lowest BCUT2D eigenvalue weighted by atomic mass is 10.1.